The monoisotopic (exact) mass is 215 g/mol. The van der Waals surface area contributed by atoms with E-state index in [0.717, 1.165) is 31.7 Å². The van der Waals surface area contributed by atoms with Crippen molar-refractivity contribution in [3.63, 3.8) is 0 Å². The lowest BCUT2D eigenvalue weighted by atomic mass is 10.1. The topological polar surface area (TPSA) is 39.1 Å². The molecule has 0 aromatic heterocycles. The van der Waals surface area contributed by atoms with Gasteiger partial charge in [0.25, 0.3) is 0 Å². The van der Waals surface area contributed by atoms with Crippen LogP contribution >= 0.6 is 0 Å². The summed E-state index contributed by atoms with van der Waals surface area (Å²) in [6.45, 7) is 4.27. The summed E-state index contributed by atoms with van der Waals surface area (Å²) in [4.78, 5) is 2.35. The van der Waals surface area contributed by atoms with E-state index in [-0.39, 0.29) is 0 Å². The zero-order valence-corrected chi connectivity index (χ0v) is 9.45. The van der Waals surface area contributed by atoms with Crippen molar-refractivity contribution < 1.29 is 0 Å². The molecule has 1 aliphatic heterocycles. The van der Waals surface area contributed by atoms with E-state index >= 15 is 0 Å². The maximum absolute atomic E-state index is 8.88. The minimum Gasteiger partial charge on any atom is -0.370 e. The number of anilines is 1. The largest absolute Gasteiger partial charge is 0.370 e. The second kappa shape index (κ2) is 5.53. The molecule has 1 saturated heterocycles. The van der Waals surface area contributed by atoms with Gasteiger partial charge in [0.2, 0.25) is 0 Å². The average Bonchev–Trinajstić information content (AvgIpc) is 2.29. The highest BCUT2D eigenvalue weighted by atomic mass is 15.1. The van der Waals surface area contributed by atoms with Crippen molar-refractivity contribution in [2.75, 3.05) is 31.1 Å². The first-order chi connectivity index (χ1) is 7.90. The van der Waals surface area contributed by atoms with Gasteiger partial charge < -0.3 is 10.2 Å². The number of benzene rings is 1. The Morgan fingerprint density at radius 2 is 2.12 bits per heavy atom. The second-order valence-corrected chi connectivity index (χ2v) is 4.11. The minimum atomic E-state index is 0.743. The van der Waals surface area contributed by atoms with Gasteiger partial charge in [0.05, 0.1) is 11.6 Å². The predicted octanol–water partition coefficient (Wildman–Crippen LogP) is 1.75. The van der Waals surface area contributed by atoms with E-state index in [1.165, 1.54) is 18.5 Å². The van der Waals surface area contributed by atoms with E-state index in [9.17, 15) is 0 Å². The third-order valence-electron chi connectivity index (χ3n) is 2.93. The van der Waals surface area contributed by atoms with Crippen LogP contribution in [0.25, 0.3) is 0 Å². The molecule has 1 aromatic rings. The van der Waals surface area contributed by atoms with Gasteiger partial charge in [-0.3, -0.25) is 0 Å². The van der Waals surface area contributed by atoms with Crippen LogP contribution in [0.2, 0.25) is 0 Å². The molecule has 2 rings (SSSR count). The highest BCUT2D eigenvalue weighted by Crippen LogP contribution is 2.16. The van der Waals surface area contributed by atoms with Crippen LogP contribution in [0.5, 0.6) is 0 Å². The van der Waals surface area contributed by atoms with Gasteiger partial charge in [-0.05, 0) is 37.6 Å². The molecular formula is C13H17N3. The van der Waals surface area contributed by atoms with E-state index in [4.69, 9.17) is 5.26 Å². The first kappa shape index (κ1) is 11.0. The van der Waals surface area contributed by atoms with Crippen molar-refractivity contribution >= 4 is 5.69 Å². The van der Waals surface area contributed by atoms with E-state index < -0.39 is 0 Å². The number of nitrogens with zero attached hydrogens (tertiary/aromatic N) is 2. The second-order valence-electron chi connectivity index (χ2n) is 4.11. The molecule has 0 spiro atoms. The van der Waals surface area contributed by atoms with E-state index in [0.29, 0.717) is 0 Å². The molecule has 1 fully saturated rings. The smallest absolute Gasteiger partial charge is 0.0992 e. The summed E-state index contributed by atoms with van der Waals surface area (Å²) in [5.41, 5.74) is 1.91. The molecule has 0 amide bonds. The molecule has 0 aliphatic carbocycles. The van der Waals surface area contributed by atoms with Gasteiger partial charge in [0.1, 0.15) is 0 Å². The Kier molecular flexibility index (Phi) is 3.79. The number of nitriles is 1. The highest BCUT2D eigenvalue weighted by Gasteiger charge is 2.08. The summed E-state index contributed by atoms with van der Waals surface area (Å²) in [6.07, 6.45) is 2.44. The molecule has 1 N–H and O–H groups in total. The Balaban J connectivity index is 2.11. The number of hydrogen-bond donors (Lipinski definition) is 1. The average molecular weight is 215 g/mol. The molecule has 16 heavy (non-hydrogen) atoms. The fraction of sp³-hybridized carbons (Fsp3) is 0.462. The van der Waals surface area contributed by atoms with Crippen molar-refractivity contribution in [2.24, 2.45) is 0 Å². The fourth-order valence-electron chi connectivity index (χ4n) is 2.03. The summed E-state index contributed by atoms with van der Waals surface area (Å²) in [5, 5.41) is 12.3. The third kappa shape index (κ3) is 2.74. The van der Waals surface area contributed by atoms with E-state index in [2.05, 4.69) is 22.4 Å². The normalized spacial score (nSPS) is 17.3. The van der Waals surface area contributed by atoms with Crippen molar-refractivity contribution in [2.45, 2.75) is 12.8 Å². The lowest BCUT2D eigenvalue weighted by molar-refractivity contribution is 0.567. The first-order valence-corrected chi connectivity index (χ1v) is 5.86. The molecule has 0 bridgehead atoms. The summed E-state index contributed by atoms with van der Waals surface area (Å²) < 4.78 is 0. The zero-order chi connectivity index (χ0) is 11.2. The summed E-state index contributed by atoms with van der Waals surface area (Å²) in [7, 11) is 0. The predicted molar refractivity (Wildman–Crippen MR) is 65.5 cm³/mol. The van der Waals surface area contributed by atoms with Crippen molar-refractivity contribution in [1.29, 1.82) is 5.26 Å². The Hall–Kier alpha value is -1.53. The van der Waals surface area contributed by atoms with Gasteiger partial charge >= 0.3 is 0 Å². The molecule has 84 valence electrons. The molecule has 1 aliphatic rings. The van der Waals surface area contributed by atoms with Gasteiger partial charge in [-0.25, -0.2) is 0 Å². The SMILES string of the molecule is N#Cc1cccc(N2CCCCNCC2)c1. The Bertz CT molecular complexity index is 373. The lowest BCUT2D eigenvalue weighted by Crippen LogP contribution is -2.36. The summed E-state index contributed by atoms with van der Waals surface area (Å²) in [5.74, 6) is 0. The van der Waals surface area contributed by atoms with Crippen molar-refractivity contribution in [3.05, 3.63) is 29.8 Å². The molecule has 0 atom stereocenters. The Morgan fingerprint density at radius 3 is 3.00 bits per heavy atom. The number of rotatable bonds is 1. The first-order valence-electron chi connectivity index (χ1n) is 5.86. The van der Waals surface area contributed by atoms with Crippen LogP contribution in [0.4, 0.5) is 5.69 Å². The van der Waals surface area contributed by atoms with Crippen LogP contribution in [-0.2, 0) is 0 Å². The maximum atomic E-state index is 8.88. The molecular weight excluding hydrogens is 198 g/mol. The lowest BCUT2D eigenvalue weighted by Gasteiger charge is -2.27. The van der Waals surface area contributed by atoms with Crippen LogP contribution in [0.1, 0.15) is 18.4 Å². The van der Waals surface area contributed by atoms with Crippen LogP contribution in [0.3, 0.4) is 0 Å². The molecule has 0 unspecified atom stereocenters. The maximum Gasteiger partial charge on any atom is 0.0992 e. The van der Waals surface area contributed by atoms with Crippen molar-refractivity contribution in [3.8, 4) is 6.07 Å². The molecule has 1 aromatic carbocycles. The minimum absolute atomic E-state index is 0.743. The Labute approximate surface area is 96.7 Å². The van der Waals surface area contributed by atoms with Crippen molar-refractivity contribution in [1.82, 2.24) is 5.32 Å². The van der Waals surface area contributed by atoms with Gasteiger partial charge in [0.15, 0.2) is 0 Å². The van der Waals surface area contributed by atoms with Crippen LogP contribution < -0.4 is 10.2 Å². The fourth-order valence-corrected chi connectivity index (χ4v) is 2.03. The molecule has 0 radical (unpaired) electrons. The van der Waals surface area contributed by atoms with Crippen LogP contribution in [-0.4, -0.2) is 26.2 Å². The van der Waals surface area contributed by atoms with Gasteiger partial charge in [-0.1, -0.05) is 6.07 Å². The molecule has 3 nitrogen and oxygen atoms in total. The van der Waals surface area contributed by atoms with Crippen LogP contribution in [0.15, 0.2) is 24.3 Å². The number of nitrogens with one attached hydrogen (secondary N) is 1. The standard InChI is InChI=1S/C13H17N3/c14-11-12-4-3-5-13(10-12)16-8-2-1-6-15-7-9-16/h3-5,10,15H,1-2,6-9H2. The Morgan fingerprint density at radius 1 is 1.19 bits per heavy atom. The molecule has 1 heterocycles. The van der Waals surface area contributed by atoms with E-state index in [1.807, 2.05) is 18.2 Å². The summed E-state index contributed by atoms with van der Waals surface area (Å²) in [6, 6.07) is 10.1. The zero-order valence-electron chi connectivity index (χ0n) is 9.45. The van der Waals surface area contributed by atoms with Crippen LogP contribution in [0, 0.1) is 11.3 Å². The molecule has 0 saturated carbocycles. The van der Waals surface area contributed by atoms with E-state index in [1.54, 1.807) is 0 Å². The van der Waals surface area contributed by atoms with Gasteiger partial charge in [0, 0.05) is 25.3 Å². The summed E-state index contributed by atoms with van der Waals surface area (Å²) >= 11 is 0. The molecule has 3 heteroatoms. The highest BCUT2D eigenvalue weighted by molar-refractivity contribution is 5.51. The van der Waals surface area contributed by atoms with Gasteiger partial charge in [-0.2, -0.15) is 5.26 Å². The third-order valence-corrected chi connectivity index (χ3v) is 2.93. The van der Waals surface area contributed by atoms with Gasteiger partial charge in [-0.15, -0.1) is 0 Å². The number of hydrogen-bond acceptors (Lipinski definition) is 3. The quantitative estimate of drug-likeness (QED) is 0.775.